The second-order valence-corrected chi connectivity index (χ2v) is 9.07. The molecule has 0 saturated heterocycles. The Hall–Kier alpha value is -2.63. The van der Waals surface area contributed by atoms with Gasteiger partial charge in [0.25, 0.3) is 5.91 Å². The molecular weight excluding hydrogens is 410 g/mol. The predicted octanol–water partition coefficient (Wildman–Crippen LogP) is 1.29. The van der Waals surface area contributed by atoms with E-state index < -0.39 is 12.1 Å². The smallest absolute Gasteiger partial charge is 0.259 e. The van der Waals surface area contributed by atoms with Gasteiger partial charge in [0.05, 0.1) is 19.2 Å². The van der Waals surface area contributed by atoms with E-state index in [1.54, 1.807) is 36.8 Å². The maximum absolute atomic E-state index is 13.3. The molecule has 174 valence electrons. The van der Waals surface area contributed by atoms with E-state index in [0.717, 1.165) is 12.8 Å². The molecule has 0 unspecified atom stereocenters. The fraction of sp³-hybridized carbons (Fsp3) is 0.625. The number of pyridine rings is 1. The molecule has 8 nitrogen and oxygen atoms in total. The molecule has 2 amide bonds. The summed E-state index contributed by atoms with van der Waals surface area (Å²) in [5.74, 6) is 5.86. The molecule has 1 aromatic heterocycles. The molecule has 4 atom stereocenters. The Morgan fingerprint density at radius 1 is 1.41 bits per heavy atom. The van der Waals surface area contributed by atoms with E-state index in [4.69, 9.17) is 4.74 Å². The fourth-order valence-electron chi connectivity index (χ4n) is 3.67. The monoisotopic (exact) mass is 443 g/mol. The molecule has 0 bridgehead atoms. The van der Waals surface area contributed by atoms with Crippen molar-refractivity contribution in [1.29, 1.82) is 0 Å². The molecule has 3 rings (SSSR count). The number of aliphatic hydroxyl groups excluding tert-OH is 2. The van der Waals surface area contributed by atoms with Gasteiger partial charge in [0, 0.05) is 37.7 Å². The topological polar surface area (TPSA) is 103 Å². The van der Waals surface area contributed by atoms with Gasteiger partial charge in [-0.25, -0.2) is 4.98 Å². The number of hydrogen-bond acceptors (Lipinski definition) is 6. The molecule has 0 spiro atoms. The van der Waals surface area contributed by atoms with Gasteiger partial charge >= 0.3 is 0 Å². The van der Waals surface area contributed by atoms with Gasteiger partial charge in [-0.3, -0.25) is 9.59 Å². The molecule has 0 aromatic carbocycles. The summed E-state index contributed by atoms with van der Waals surface area (Å²) in [6, 6.07) is 1.21. The van der Waals surface area contributed by atoms with E-state index in [0.29, 0.717) is 31.0 Å². The molecule has 8 heteroatoms. The van der Waals surface area contributed by atoms with Gasteiger partial charge in [0.1, 0.15) is 17.8 Å². The number of aromatic nitrogens is 1. The highest BCUT2D eigenvalue weighted by Crippen LogP contribution is 2.33. The quantitative estimate of drug-likeness (QED) is 0.643. The third-order valence-electron chi connectivity index (χ3n) is 5.99. The summed E-state index contributed by atoms with van der Waals surface area (Å²) in [7, 11) is 1.78. The zero-order chi connectivity index (χ0) is 23.4. The van der Waals surface area contributed by atoms with Gasteiger partial charge in [0.15, 0.2) is 0 Å². The van der Waals surface area contributed by atoms with Crippen LogP contribution in [0.5, 0.6) is 5.88 Å². The van der Waals surface area contributed by atoms with Crippen LogP contribution >= 0.6 is 0 Å². The van der Waals surface area contributed by atoms with Crippen LogP contribution in [0, 0.1) is 23.7 Å². The van der Waals surface area contributed by atoms with E-state index in [1.807, 2.05) is 6.92 Å². The normalized spacial score (nSPS) is 22.4. The average molecular weight is 444 g/mol. The second kappa shape index (κ2) is 10.3. The van der Waals surface area contributed by atoms with E-state index in [9.17, 15) is 19.8 Å². The number of carbonyl (C=O) groups is 2. The van der Waals surface area contributed by atoms with Crippen LogP contribution in [0.25, 0.3) is 0 Å². The molecule has 1 aliphatic heterocycles. The van der Waals surface area contributed by atoms with Crippen LogP contribution < -0.4 is 4.74 Å². The number of ether oxygens (including phenoxy) is 1. The highest BCUT2D eigenvalue weighted by Gasteiger charge is 2.35. The Balaban J connectivity index is 1.91. The van der Waals surface area contributed by atoms with E-state index in [1.165, 1.54) is 6.20 Å². The van der Waals surface area contributed by atoms with Gasteiger partial charge in [-0.1, -0.05) is 18.8 Å². The first-order chi connectivity index (χ1) is 15.2. The number of nitrogens with zero attached hydrogens (tertiary/aromatic N) is 3. The van der Waals surface area contributed by atoms with Crippen molar-refractivity contribution in [2.75, 3.05) is 26.7 Å². The highest BCUT2D eigenvalue weighted by molar-refractivity contribution is 5.97. The van der Waals surface area contributed by atoms with Crippen LogP contribution in [0.1, 0.15) is 56.0 Å². The standard InChI is InChI=1S/C24H33N3O5/c1-15-12-27(16(2)14-28)24(31)20-9-19(6-5-17(3)29)11-25-23(20)32-21(15)13-26(4)22(30)10-18-7-8-18/h9,11,15-18,21,28-29H,7-8,10,12-14H2,1-4H3/t15-,16+,17-,21+/m0/s1. The Bertz CT molecular complexity index is 903. The minimum atomic E-state index is -0.802. The third-order valence-corrected chi connectivity index (χ3v) is 5.99. The van der Waals surface area contributed by atoms with Crippen molar-refractivity contribution in [3.05, 3.63) is 23.4 Å². The number of aliphatic hydroxyl groups is 2. The second-order valence-electron chi connectivity index (χ2n) is 9.07. The van der Waals surface area contributed by atoms with Crippen molar-refractivity contribution < 1.29 is 24.5 Å². The summed E-state index contributed by atoms with van der Waals surface area (Å²) in [6.45, 7) is 5.90. The lowest BCUT2D eigenvalue weighted by Gasteiger charge is -2.37. The molecule has 2 heterocycles. The van der Waals surface area contributed by atoms with Crippen LogP contribution in [0.3, 0.4) is 0 Å². The zero-order valence-corrected chi connectivity index (χ0v) is 19.2. The first-order valence-corrected chi connectivity index (χ1v) is 11.2. The van der Waals surface area contributed by atoms with Crippen LogP contribution in [-0.2, 0) is 4.79 Å². The largest absolute Gasteiger partial charge is 0.472 e. The van der Waals surface area contributed by atoms with E-state index in [-0.39, 0.29) is 41.9 Å². The molecule has 1 aromatic rings. The van der Waals surface area contributed by atoms with Crippen molar-refractivity contribution in [1.82, 2.24) is 14.8 Å². The summed E-state index contributed by atoms with van der Waals surface area (Å²) in [4.78, 5) is 33.5. The third kappa shape index (κ3) is 5.99. The molecule has 2 N–H and O–H groups in total. The van der Waals surface area contributed by atoms with Crippen molar-refractivity contribution in [3.8, 4) is 17.7 Å². The summed E-state index contributed by atoms with van der Waals surface area (Å²) in [6.07, 6.45) is 3.12. The highest BCUT2D eigenvalue weighted by atomic mass is 16.5. The molecular formula is C24H33N3O5. The Morgan fingerprint density at radius 3 is 2.75 bits per heavy atom. The van der Waals surface area contributed by atoms with E-state index in [2.05, 4.69) is 16.8 Å². The minimum absolute atomic E-state index is 0.0891. The first-order valence-electron chi connectivity index (χ1n) is 11.2. The molecule has 1 fully saturated rings. The summed E-state index contributed by atoms with van der Waals surface area (Å²) in [5, 5.41) is 19.2. The van der Waals surface area contributed by atoms with Crippen molar-refractivity contribution in [2.45, 2.75) is 58.3 Å². The average Bonchev–Trinajstić information content (AvgIpc) is 3.58. The number of carbonyl (C=O) groups excluding carboxylic acids is 2. The van der Waals surface area contributed by atoms with Crippen LogP contribution in [0.15, 0.2) is 12.3 Å². The van der Waals surface area contributed by atoms with Gasteiger partial charge in [-0.05, 0) is 38.7 Å². The predicted molar refractivity (Wildman–Crippen MR) is 119 cm³/mol. The van der Waals surface area contributed by atoms with Crippen LogP contribution in [0.2, 0.25) is 0 Å². The summed E-state index contributed by atoms with van der Waals surface area (Å²) < 4.78 is 6.19. The lowest BCUT2D eigenvalue weighted by molar-refractivity contribution is -0.131. The Labute approximate surface area is 189 Å². The molecule has 2 aliphatic rings. The lowest BCUT2D eigenvalue weighted by Crippen LogP contribution is -2.50. The molecule has 1 saturated carbocycles. The van der Waals surface area contributed by atoms with Crippen LogP contribution in [0.4, 0.5) is 0 Å². The van der Waals surface area contributed by atoms with Crippen molar-refractivity contribution in [3.63, 3.8) is 0 Å². The van der Waals surface area contributed by atoms with Gasteiger partial charge in [-0.15, -0.1) is 0 Å². The Kier molecular flexibility index (Phi) is 7.75. The van der Waals surface area contributed by atoms with Crippen LogP contribution in [-0.4, -0.2) is 81.8 Å². The molecule has 32 heavy (non-hydrogen) atoms. The van der Waals surface area contributed by atoms with Gasteiger partial charge in [0.2, 0.25) is 11.8 Å². The van der Waals surface area contributed by atoms with Gasteiger partial charge in [-0.2, -0.15) is 0 Å². The zero-order valence-electron chi connectivity index (χ0n) is 19.2. The summed E-state index contributed by atoms with van der Waals surface area (Å²) >= 11 is 0. The number of hydrogen-bond donors (Lipinski definition) is 2. The van der Waals surface area contributed by atoms with Gasteiger partial charge < -0.3 is 24.7 Å². The lowest BCUT2D eigenvalue weighted by atomic mass is 9.99. The molecule has 0 radical (unpaired) electrons. The van der Waals surface area contributed by atoms with E-state index >= 15 is 0 Å². The first kappa shape index (κ1) is 24.0. The molecule has 1 aliphatic carbocycles. The number of amides is 2. The minimum Gasteiger partial charge on any atom is -0.472 e. The number of likely N-dealkylation sites (N-methyl/N-ethyl adjacent to an activating group) is 1. The number of rotatable bonds is 6. The summed E-state index contributed by atoms with van der Waals surface area (Å²) in [5.41, 5.74) is 0.742. The SMILES string of the molecule is C[C@H](O)C#Cc1cnc2c(c1)C(=O)N([C@H](C)CO)C[C@H](C)[C@@H](CN(C)C(=O)CC1CC1)O2. The maximum Gasteiger partial charge on any atom is 0.259 e. The number of fused-ring (bicyclic) bond motifs is 1. The Morgan fingerprint density at radius 2 is 2.12 bits per heavy atom. The van der Waals surface area contributed by atoms with Crippen molar-refractivity contribution >= 4 is 11.8 Å². The maximum atomic E-state index is 13.3. The van der Waals surface area contributed by atoms with Crippen molar-refractivity contribution in [2.24, 2.45) is 11.8 Å². The fourth-order valence-corrected chi connectivity index (χ4v) is 3.67.